The molecular weight excluding hydrogens is 932 g/mol. The van der Waals surface area contributed by atoms with Crippen LogP contribution in [0.2, 0.25) is 0 Å². The first-order valence-electron chi connectivity index (χ1n) is 26.0. The molecule has 0 radical (unpaired) electrons. The van der Waals surface area contributed by atoms with Gasteiger partial charge >= 0.3 is 23.9 Å². The van der Waals surface area contributed by atoms with Gasteiger partial charge < -0.3 is 34.1 Å². The highest BCUT2D eigenvalue weighted by Crippen LogP contribution is 2.40. The van der Waals surface area contributed by atoms with Crippen molar-refractivity contribution < 1.29 is 52.5 Å². The zero-order valence-electron chi connectivity index (χ0n) is 41.6. The minimum atomic E-state index is -1.33. The fourth-order valence-electron chi connectivity index (χ4n) is 10.8. The Morgan fingerprint density at radius 3 is 2.27 bits per heavy atom. The lowest BCUT2D eigenvalue weighted by atomic mass is 9.83. The second-order valence-corrected chi connectivity index (χ2v) is 20.9. The van der Waals surface area contributed by atoms with Crippen molar-refractivity contribution in [1.29, 1.82) is 0 Å². The first-order chi connectivity index (χ1) is 34.2. The predicted octanol–water partition coefficient (Wildman–Crippen LogP) is 9.25. The third-order valence-corrected chi connectivity index (χ3v) is 15.5. The number of β-lactam (4-membered cyclic amide) rings is 1. The second-order valence-electron chi connectivity index (χ2n) is 19.8. The normalized spacial score (nSPS) is 19.3. The average molecular weight is 1000 g/mol. The molecule has 386 valence electrons. The number of carboxylic acid groups (broad SMARTS) is 1. The monoisotopic (exact) mass is 1000 g/mol. The van der Waals surface area contributed by atoms with E-state index < -0.39 is 35.2 Å². The number of aromatic nitrogens is 1. The number of ether oxygens (including phenoxy) is 3. The van der Waals surface area contributed by atoms with E-state index in [1.54, 1.807) is 4.57 Å². The third kappa shape index (κ3) is 13.3. The van der Waals surface area contributed by atoms with Crippen molar-refractivity contribution in [3.05, 3.63) is 73.1 Å². The van der Waals surface area contributed by atoms with Gasteiger partial charge in [0.2, 0.25) is 11.3 Å². The minimum Gasteiger partial charge on any atom is -0.477 e. The number of rotatable bonds is 26. The Labute approximate surface area is 419 Å². The van der Waals surface area contributed by atoms with Crippen molar-refractivity contribution in [1.82, 2.24) is 14.8 Å². The molecule has 1 aromatic carbocycles. The summed E-state index contributed by atoms with van der Waals surface area (Å²) in [5.41, 5.74) is 1.42. The molecule has 6 heterocycles. The summed E-state index contributed by atoms with van der Waals surface area (Å²) in [7, 11) is 0. The number of aromatic carboxylic acids is 1. The molecule has 15 nitrogen and oxygen atoms in total. The molecule has 17 heteroatoms. The maximum Gasteiger partial charge on any atom is 0.355 e. The van der Waals surface area contributed by atoms with Gasteiger partial charge in [-0.2, -0.15) is 0 Å². The van der Waals surface area contributed by atoms with E-state index in [0.717, 1.165) is 87.5 Å². The predicted molar refractivity (Wildman–Crippen MR) is 268 cm³/mol. The van der Waals surface area contributed by atoms with Crippen LogP contribution in [-0.2, 0) is 51.0 Å². The maximum absolute atomic E-state index is 15.8. The van der Waals surface area contributed by atoms with Crippen LogP contribution < -0.4 is 15.6 Å². The number of hydrogen-bond acceptors (Lipinski definition) is 12. The summed E-state index contributed by atoms with van der Waals surface area (Å²) in [6, 6.07) is 3.78. The van der Waals surface area contributed by atoms with Gasteiger partial charge in [0.15, 0.2) is 0 Å². The van der Waals surface area contributed by atoms with E-state index in [9.17, 15) is 38.7 Å². The Kier molecular flexibility index (Phi) is 18.9. The highest BCUT2D eigenvalue weighted by molar-refractivity contribution is 7.10. The van der Waals surface area contributed by atoms with Gasteiger partial charge in [0.25, 0.3) is 5.91 Å². The van der Waals surface area contributed by atoms with E-state index in [2.05, 4.69) is 12.2 Å². The molecule has 71 heavy (non-hydrogen) atoms. The number of carboxylic acids is 1. The van der Waals surface area contributed by atoms with Gasteiger partial charge in [-0.3, -0.25) is 28.9 Å². The summed E-state index contributed by atoms with van der Waals surface area (Å²) in [6.07, 6.45) is 17.9. The molecule has 4 atom stereocenters. The number of aryl methyl sites for hydroxylation is 1. The molecule has 0 bridgehead atoms. The Bertz CT molecular complexity index is 2500. The lowest BCUT2D eigenvalue weighted by molar-refractivity contribution is -0.160. The molecule has 4 aliphatic rings. The maximum atomic E-state index is 15.8. The fourth-order valence-corrected chi connectivity index (χ4v) is 11.5. The van der Waals surface area contributed by atoms with Crippen LogP contribution >= 0.6 is 11.3 Å². The molecular formula is C54H71FN4O11S. The summed E-state index contributed by atoms with van der Waals surface area (Å²) in [4.78, 5) is 94.2. The molecule has 0 aliphatic carbocycles. The number of halogens is 1. The molecule has 2 unspecified atom stereocenters. The molecule has 2 fully saturated rings. The first-order valence-corrected chi connectivity index (χ1v) is 26.9. The van der Waals surface area contributed by atoms with Crippen molar-refractivity contribution in [2.24, 2.45) is 0 Å². The number of pyridine rings is 1. The van der Waals surface area contributed by atoms with Crippen LogP contribution in [0.25, 0.3) is 10.9 Å². The van der Waals surface area contributed by atoms with Crippen molar-refractivity contribution in [2.45, 2.75) is 192 Å². The quantitative estimate of drug-likeness (QED) is 0.0336. The molecule has 2 saturated heterocycles. The molecule has 0 saturated carbocycles. The number of anilines is 1. The number of carbonyl (C=O) groups is 6. The summed E-state index contributed by atoms with van der Waals surface area (Å²) in [5, 5.41) is 14.5. The van der Waals surface area contributed by atoms with Crippen molar-refractivity contribution >= 4 is 63.6 Å². The van der Waals surface area contributed by atoms with Gasteiger partial charge in [0.05, 0.1) is 23.7 Å². The number of esters is 3. The summed E-state index contributed by atoms with van der Waals surface area (Å²) in [6.45, 7) is 6.30. The smallest absolute Gasteiger partial charge is 0.355 e. The van der Waals surface area contributed by atoms with E-state index in [4.69, 9.17) is 14.2 Å². The Balaban J connectivity index is 0.808. The van der Waals surface area contributed by atoms with Crippen molar-refractivity contribution in [3.63, 3.8) is 0 Å². The van der Waals surface area contributed by atoms with E-state index in [1.807, 2.05) is 29.3 Å². The van der Waals surface area contributed by atoms with Crippen LogP contribution in [0.4, 0.5) is 10.1 Å². The van der Waals surface area contributed by atoms with E-state index in [1.165, 1.54) is 35.4 Å². The molecule has 7 rings (SSSR count). The average Bonchev–Trinajstić information content (AvgIpc) is 3.86. The molecule has 2 N–H and O–H groups in total. The van der Waals surface area contributed by atoms with Gasteiger partial charge in [-0.05, 0) is 87.8 Å². The number of hydrogen-bond donors (Lipinski definition) is 2. The number of fused-ring (bicyclic) bond motifs is 1. The lowest BCUT2D eigenvalue weighted by Gasteiger charge is -2.50. The second kappa shape index (κ2) is 25.2. The standard InChI is InChI=1S/C54H71FN4O11S/c1-4-5-6-13-17-37(70-54(67)48-36(33-68-35(3)60)22-24-44-47(52(64)59(44)48)56-45(61)30-39-19-16-29-71-39)18-14-11-9-7-8-10-12-15-20-46(62)69-38-25-27-57(28-26-38)50-40-23-21-34(2)58-32-42(53(65)66)51(63)41(49(40)58)31-43(50)55/h16,19,29,31-32,34,37-38,44,47H,4-15,17-18,20-28,30,33H2,1-3H3,(H,56,61)(H,65,66)/t34?,37?,44-,47+/m0/s1. The van der Waals surface area contributed by atoms with Gasteiger partial charge in [0, 0.05) is 67.3 Å². The summed E-state index contributed by atoms with van der Waals surface area (Å²) in [5.74, 6) is -3.78. The van der Waals surface area contributed by atoms with Crippen LogP contribution in [0.1, 0.15) is 176 Å². The third-order valence-electron chi connectivity index (χ3n) is 14.6. The SMILES string of the molecule is CCCCCCC(CCCCCCCCCCC(=O)OC1CCN(c2c(F)cc3c(=O)c(C(=O)O)cn4c3c2CCC4C)CC1)OC(=O)C1=C(COC(C)=O)CC[C@H]2[C@@H](NC(=O)Cc3cccs3)C(=O)N12. The number of amides is 2. The van der Waals surface area contributed by atoms with E-state index in [0.29, 0.717) is 87.7 Å². The summed E-state index contributed by atoms with van der Waals surface area (Å²) >= 11 is 1.47. The van der Waals surface area contributed by atoms with Crippen LogP contribution in [0.15, 0.2) is 45.8 Å². The van der Waals surface area contributed by atoms with Crippen molar-refractivity contribution in [3.8, 4) is 0 Å². The Hall–Kier alpha value is -5.58. The number of thiophene rings is 1. The molecule has 2 amide bonds. The summed E-state index contributed by atoms with van der Waals surface area (Å²) < 4.78 is 34.9. The largest absolute Gasteiger partial charge is 0.477 e. The Morgan fingerprint density at radius 2 is 1.61 bits per heavy atom. The van der Waals surface area contributed by atoms with Gasteiger partial charge in [-0.1, -0.05) is 70.8 Å². The number of unbranched alkanes of at least 4 members (excludes halogenated alkanes) is 10. The number of nitrogens with one attached hydrogen (secondary N) is 1. The van der Waals surface area contributed by atoms with Crippen LogP contribution in [0.5, 0.6) is 0 Å². The highest BCUT2D eigenvalue weighted by atomic mass is 32.1. The molecule has 4 aliphatic heterocycles. The van der Waals surface area contributed by atoms with Crippen LogP contribution in [0.3, 0.4) is 0 Å². The molecule has 2 aromatic heterocycles. The lowest BCUT2D eigenvalue weighted by Crippen LogP contribution is -2.72. The number of carbonyl (C=O) groups excluding carboxylic acids is 5. The highest BCUT2D eigenvalue weighted by Gasteiger charge is 2.54. The number of piperidine rings is 1. The van der Waals surface area contributed by atoms with Crippen LogP contribution in [-0.4, -0.2) is 94.3 Å². The zero-order valence-corrected chi connectivity index (χ0v) is 42.4. The minimum absolute atomic E-state index is 0.0381. The molecule has 0 spiro atoms. The van der Waals surface area contributed by atoms with E-state index in [-0.39, 0.29) is 71.7 Å². The molecule has 3 aromatic rings. The van der Waals surface area contributed by atoms with Crippen molar-refractivity contribution in [2.75, 3.05) is 24.6 Å². The van der Waals surface area contributed by atoms with Crippen LogP contribution in [0, 0.1) is 5.82 Å². The topological polar surface area (TPSA) is 191 Å². The van der Waals surface area contributed by atoms with E-state index >= 15 is 4.39 Å². The number of benzene rings is 1. The fraction of sp³-hybridized carbons (Fsp3) is 0.611. The Morgan fingerprint density at radius 1 is 0.915 bits per heavy atom. The van der Waals surface area contributed by atoms with Gasteiger partial charge in [-0.25, -0.2) is 14.0 Å². The van der Waals surface area contributed by atoms with Gasteiger partial charge in [0.1, 0.15) is 41.9 Å². The van der Waals surface area contributed by atoms with Gasteiger partial charge in [-0.15, -0.1) is 11.3 Å². The zero-order chi connectivity index (χ0) is 50.6. The number of nitrogens with zero attached hydrogens (tertiary/aromatic N) is 3. The first kappa shape index (κ1) is 53.2.